The quantitative estimate of drug-likeness (QED) is 0.898. The molecule has 0 radical (unpaired) electrons. The minimum absolute atomic E-state index is 0.320. The maximum atomic E-state index is 12.6. The van der Waals surface area contributed by atoms with Crippen molar-refractivity contribution >= 4 is 17.5 Å². The van der Waals surface area contributed by atoms with Crippen LogP contribution in [0.4, 0.5) is 30.6 Å². The number of halogens is 3. The smallest absolute Gasteiger partial charge is 0.354 e. The third-order valence-corrected chi connectivity index (χ3v) is 2.45. The summed E-state index contributed by atoms with van der Waals surface area (Å²) in [6.45, 7) is 2.56. The predicted octanol–water partition coefficient (Wildman–Crippen LogP) is 3.67. The molecule has 0 aliphatic carbocycles. The lowest BCUT2D eigenvalue weighted by Gasteiger charge is -2.10. The van der Waals surface area contributed by atoms with Crippen molar-refractivity contribution in [3.63, 3.8) is 0 Å². The Balaban J connectivity index is 2.19. The molecule has 2 N–H and O–H groups in total. The summed E-state index contributed by atoms with van der Waals surface area (Å²) in [5, 5.41) is 5.75. The summed E-state index contributed by atoms with van der Waals surface area (Å²) in [5.74, 6) is 0.847. The van der Waals surface area contributed by atoms with Crippen LogP contribution >= 0.6 is 0 Å². The summed E-state index contributed by atoms with van der Waals surface area (Å²) in [5.41, 5.74) is -0.385. The summed E-state index contributed by atoms with van der Waals surface area (Å²) in [6, 6.07) is 6.53. The van der Waals surface area contributed by atoms with Gasteiger partial charge in [-0.3, -0.25) is 0 Å². The molecule has 0 bridgehead atoms. The summed E-state index contributed by atoms with van der Waals surface area (Å²) in [7, 11) is 0. The van der Waals surface area contributed by atoms with Crippen molar-refractivity contribution < 1.29 is 13.2 Å². The van der Waals surface area contributed by atoms with E-state index < -0.39 is 11.7 Å². The van der Waals surface area contributed by atoms with Crippen LogP contribution in [0.15, 0.2) is 36.5 Å². The van der Waals surface area contributed by atoms with Gasteiger partial charge in [-0.1, -0.05) is 6.07 Å². The van der Waals surface area contributed by atoms with Gasteiger partial charge >= 0.3 is 6.18 Å². The van der Waals surface area contributed by atoms with E-state index in [1.165, 1.54) is 12.3 Å². The summed E-state index contributed by atoms with van der Waals surface area (Å²) in [6.07, 6.45) is -2.83. The number of hydrogen-bond acceptors (Lipinski definition) is 4. The van der Waals surface area contributed by atoms with Gasteiger partial charge in [-0.05, 0) is 31.2 Å². The van der Waals surface area contributed by atoms with Crippen molar-refractivity contribution in [1.29, 1.82) is 0 Å². The molecule has 0 atom stereocenters. The maximum absolute atomic E-state index is 12.6. The molecule has 2 aromatic rings. The Bertz CT molecular complexity index is 584. The molecular formula is C13H13F3N4. The van der Waals surface area contributed by atoms with E-state index in [-0.39, 0.29) is 0 Å². The molecule has 1 aromatic heterocycles. The second-order valence-electron chi connectivity index (χ2n) is 4.00. The largest absolute Gasteiger partial charge is 0.416 e. The van der Waals surface area contributed by atoms with Crippen LogP contribution in [0, 0.1) is 0 Å². The van der Waals surface area contributed by atoms with Gasteiger partial charge in [-0.25, -0.2) is 4.98 Å². The molecule has 0 saturated heterocycles. The first-order valence-corrected chi connectivity index (χ1v) is 6.00. The third-order valence-electron chi connectivity index (χ3n) is 2.45. The normalized spacial score (nSPS) is 11.2. The molecule has 0 spiro atoms. The highest BCUT2D eigenvalue weighted by Gasteiger charge is 2.30. The van der Waals surface area contributed by atoms with Gasteiger partial charge in [0.2, 0.25) is 5.95 Å². The Morgan fingerprint density at radius 2 is 2.00 bits per heavy atom. The average Bonchev–Trinajstić information content (AvgIpc) is 2.39. The standard InChI is InChI=1S/C13H13F3N4/c1-2-17-12-18-7-6-11(20-12)19-10-5-3-4-9(8-10)13(14,15)16/h3-8H,2H2,1H3,(H2,17,18,19,20). The molecule has 0 amide bonds. The van der Waals surface area contributed by atoms with Gasteiger partial charge in [-0.2, -0.15) is 18.2 Å². The zero-order valence-electron chi connectivity index (χ0n) is 10.7. The Kier molecular flexibility index (Phi) is 4.07. The number of nitrogens with zero attached hydrogens (tertiary/aromatic N) is 2. The van der Waals surface area contributed by atoms with Crippen LogP contribution in [0.5, 0.6) is 0 Å². The van der Waals surface area contributed by atoms with E-state index in [9.17, 15) is 13.2 Å². The Hall–Kier alpha value is -2.31. The molecule has 2 rings (SSSR count). The van der Waals surface area contributed by atoms with Crippen LogP contribution in [-0.4, -0.2) is 16.5 Å². The van der Waals surface area contributed by atoms with Crippen LogP contribution < -0.4 is 10.6 Å². The highest BCUT2D eigenvalue weighted by atomic mass is 19.4. The van der Waals surface area contributed by atoms with Crippen molar-refractivity contribution in [2.75, 3.05) is 17.2 Å². The van der Waals surface area contributed by atoms with Crippen molar-refractivity contribution in [1.82, 2.24) is 9.97 Å². The van der Waals surface area contributed by atoms with Crippen molar-refractivity contribution in [2.24, 2.45) is 0 Å². The second-order valence-corrected chi connectivity index (χ2v) is 4.00. The van der Waals surface area contributed by atoms with Crippen LogP contribution in [0.3, 0.4) is 0 Å². The minimum Gasteiger partial charge on any atom is -0.354 e. The SMILES string of the molecule is CCNc1nccc(Nc2cccc(C(F)(F)F)c2)n1. The fourth-order valence-corrected chi connectivity index (χ4v) is 1.59. The van der Waals surface area contributed by atoms with Crippen LogP contribution in [0.1, 0.15) is 12.5 Å². The number of benzene rings is 1. The Morgan fingerprint density at radius 3 is 2.70 bits per heavy atom. The number of rotatable bonds is 4. The van der Waals surface area contributed by atoms with Crippen LogP contribution in [-0.2, 0) is 6.18 Å². The molecule has 1 aromatic carbocycles. The predicted molar refractivity (Wildman–Crippen MR) is 70.9 cm³/mol. The van der Waals surface area contributed by atoms with E-state index in [4.69, 9.17) is 0 Å². The number of nitrogens with one attached hydrogen (secondary N) is 2. The molecule has 106 valence electrons. The van der Waals surface area contributed by atoms with E-state index in [2.05, 4.69) is 20.6 Å². The average molecular weight is 282 g/mol. The van der Waals surface area contributed by atoms with Gasteiger partial charge in [0, 0.05) is 18.4 Å². The Labute approximate surface area is 114 Å². The minimum atomic E-state index is -4.36. The summed E-state index contributed by atoms with van der Waals surface area (Å²) < 4.78 is 37.8. The van der Waals surface area contributed by atoms with Crippen LogP contribution in [0.25, 0.3) is 0 Å². The van der Waals surface area contributed by atoms with E-state index >= 15 is 0 Å². The second kappa shape index (κ2) is 5.77. The zero-order valence-corrected chi connectivity index (χ0v) is 10.7. The van der Waals surface area contributed by atoms with Gasteiger partial charge in [0.05, 0.1) is 5.56 Å². The first kappa shape index (κ1) is 14.1. The van der Waals surface area contributed by atoms with Gasteiger partial charge < -0.3 is 10.6 Å². The third kappa shape index (κ3) is 3.59. The maximum Gasteiger partial charge on any atom is 0.416 e. The lowest BCUT2D eigenvalue weighted by Crippen LogP contribution is -2.06. The molecule has 0 fully saturated rings. The molecule has 0 unspecified atom stereocenters. The first-order valence-electron chi connectivity index (χ1n) is 6.00. The molecule has 4 nitrogen and oxygen atoms in total. The lowest BCUT2D eigenvalue weighted by molar-refractivity contribution is -0.137. The van der Waals surface area contributed by atoms with Crippen molar-refractivity contribution in [3.05, 3.63) is 42.1 Å². The van der Waals surface area contributed by atoms with E-state index in [0.29, 0.717) is 24.0 Å². The van der Waals surface area contributed by atoms with Gasteiger partial charge in [0.25, 0.3) is 0 Å². The lowest BCUT2D eigenvalue weighted by atomic mass is 10.2. The molecule has 20 heavy (non-hydrogen) atoms. The van der Waals surface area contributed by atoms with Gasteiger partial charge in [0.15, 0.2) is 0 Å². The molecule has 0 saturated carbocycles. The van der Waals surface area contributed by atoms with Crippen LogP contribution in [0.2, 0.25) is 0 Å². The number of anilines is 3. The molecule has 7 heteroatoms. The fraction of sp³-hybridized carbons (Fsp3) is 0.231. The van der Waals surface area contributed by atoms with Crippen molar-refractivity contribution in [2.45, 2.75) is 13.1 Å². The molecule has 1 heterocycles. The summed E-state index contributed by atoms with van der Waals surface area (Å²) >= 11 is 0. The van der Waals surface area contributed by atoms with E-state index in [1.54, 1.807) is 12.1 Å². The highest BCUT2D eigenvalue weighted by molar-refractivity contribution is 5.58. The van der Waals surface area contributed by atoms with Gasteiger partial charge in [0.1, 0.15) is 5.82 Å². The molecule has 0 aliphatic rings. The number of hydrogen-bond donors (Lipinski definition) is 2. The van der Waals surface area contributed by atoms with Crippen molar-refractivity contribution in [3.8, 4) is 0 Å². The first-order chi connectivity index (χ1) is 9.49. The van der Waals surface area contributed by atoms with E-state index in [1.807, 2.05) is 6.92 Å². The monoisotopic (exact) mass is 282 g/mol. The summed E-state index contributed by atoms with van der Waals surface area (Å²) in [4.78, 5) is 8.12. The zero-order chi connectivity index (χ0) is 14.6. The van der Waals surface area contributed by atoms with E-state index in [0.717, 1.165) is 12.1 Å². The number of alkyl halides is 3. The highest BCUT2D eigenvalue weighted by Crippen LogP contribution is 2.31. The fourth-order valence-electron chi connectivity index (χ4n) is 1.59. The molecule has 0 aliphatic heterocycles. The topological polar surface area (TPSA) is 49.8 Å². The molecular weight excluding hydrogens is 269 g/mol. The Morgan fingerprint density at radius 1 is 1.20 bits per heavy atom. The van der Waals surface area contributed by atoms with Gasteiger partial charge in [-0.15, -0.1) is 0 Å². The number of aromatic nitrogens is 2.